The molecule has 1 saturated heterocycles. The highest BCUT2D eigenvalue weighted by Crippen LogP contribution is 2.39. The standard InChI is InChI=1S/C25H40N6O2/c1-18(2)22-13-20(14-24-27-28-25(33-24)23-15-26-17-29(23)4)19(3)12-21(22)16-31-8-6-30(7-9-31)10-11-32-5/h12,15,17-18,20-22H,6-11,13-14,16H2,1-5H3. The molecular weight excluding hydrogens is 416 g/mol. The average Bonchev–Trinajstić information content (AvgIpc) is 3.43. The van der Waals surface area contributed by atoms with Gasteiger partial charge in [-0.1, -0.05) is 25.5 Å². The number of ether oxygens (including phenoxy) is 1. The third-order valence-electron chi connectivity index (χ3n) is 7.55. The molecule has 2 aromatic heterocycles. The summed E-state index contributed by atoms with van der Waals surface area (Å²) in [4.78, 5) is 9.33. The zero-order chi connectivity index (χ0) is 23.4. The van der Waals surface area contributed by atoms with Crippen LogP contribution in [0.25, 0.3) is 11.6 Å². The molecule has 33 heavy (non-hydrogen) atoms. The monoisotopic (exact) mass is 456 g/mol. The van der Waals surface area contributed by atoms with Gasteiger partial charge in [0.2, 0.25) is 5.89 Å². The van der Waals surface area contributed by atoms with Crippen molar-refractivity contribution in [2.45, 2.75) is 33.6 Å². The number of allylic oxidation sites excluding steroid dienone is 1. The third-order valence-corrected chi connectivity index (χ3v) is 7.55. The molecule has 2 aliphatic rings. The van der Waals surface area contributed by atoms with Gasteiger partial charge in [0.25, 0.3) is 5.89 Å². The van der Waals surface area contributed by atoms with Crippen LogP contribution in [-0.2, 0) is 18.2 Å². The van der Waals surface area contributed by atoms with Crippen molar-refractivity contribution >= 4 is 0 Å². The summed E-state index contributed by atoms with van der Waals surface area (Å²) in [6, 6.07) is 0. The molecule has 1 aliphatic carbocycles. The molecule has 0 aromatic carbocycles. The van der Waals surface area contributed by atoms with Crippen LogP contribution in [0.15, 0.2) is 28.6 Å². The van der Waals surface area contributed by atoms with Gasteiger partial charge in [-0.15, -0.1) is 10.2 Å². The number of aromatic nitrogens is 4. The van der Waals surface area contributed by atoms with Gasteiger partial charge in [-0.3, -0.25) is 4.90 Å². The Kier molecular flexibility index (Phi) is 7.98. The molecule has 0 spiro atoms. The fourth-order valence-corrected chi connectivity index (χ4v) is 5.41. The molecule has 0 saturated carbocycles. The van der Waals surface area contributed by atoms with Gasteiger partial charge in [-0.05, 0) is 37.0 Å². The van der Waals surface area contributed by atoms with Crippen molar-refractivity contribution in [2.24, 2.45) is 30.7 Å². The van der Waals surface area contributed by atoms with Gasteiger partial charge in [0.1, 0.15) is 5.69 Å². The Balaban J connectivity index is 1.38. The number of hydrogen-bond acceptors (Lipinski definition) is 7. The lowest BCUT2D eigenvalue weighted by Crippen LogP contribution is -2.49. The molecular formula is C25H40N6O2. The number of piperazine rings is 1. The molecule has 0 bridgehead atoms. The second-order valence-electron chi connectivity index (χ2n) is 10.1. The first-order valence-electron chi connectivity index (χ1n) is 12.4. The van der Waals surface area contributed by atoms with Crippen LogP contribution < -0.4 is 0 Å². The van der Waals surface area contributed by atoms with Crippen molar-refractivity contribution in [3.05, 3.63) is 30.1 Å². The predicted octanol–water partition coefficient (Wildman–Crippen LogP) is 3.13. The zero-order valence-electron chi connectivity index (χ0n) is 20.9. The molecule has 8 nitrogen and oxygen atoms in total. The van der Waals surface area contributed by atoms with Crippen LogP contribution in [0.2, 0.25) is 0 Å². The van der Waals surface area contributed by atoms with Gasteiger partial charge in [-0.25, -0.2) is 4.98 Å². The fraction of sp³-hybridized carbons (Fsp3) is 0.720. The van der Waals surface area contributed by atoms with Crippen LogP contribution in [0.4, 0.5) is 0 Å². The Morgan fingerprint density at radius 3 is 2.58 bits per heavy atom. The van der Waals surface area contributed by atoms with Gasteiger partial charge in [0.05, 0.1) is 19.1 Å². The van der Waals surface area contributed by atoms with E-state index in [1.54, 1.807) is 19.6 Å². The Morgan fingerprint density at radius 2 is 1.91 bits per heavy atom. The van der Waals surface area contributed by atoms with Crippen LogP contribution in [0, 0.1) is 23.7 Å². The minimum absolute atomic E-state index is 0.458. The van der Waals surface area contributed by atoms with E-state index in [9.17, 15) is 0 Å². The first-order chi connectivity index (χ1) is 15.9. The lowest BCUT2D eigenvalue weighted by atomic mass is 9.69. The Hall–Kier alpha value is -2.03. The zero-order valence-corrected chi connectivity index (χ0v) is 20.9. The lowest BCUT2D eigenvalue weighted by Gasteiger charge is -2.41. The number of methoxy groups -OCH3 is 1. The van der Waals surface area contributed by atoms with E-state index in [0.717, 1.165) is 63.9 Å². The largest absolute Gasteiger partial charge is 0.419 e. The quantitative estimate of drug-likeness (QED) is 0.537. The fourth-order valence-electron chi connectivity index (χ4n) is 5.41. The smallest absolute Gasteiger partial charge is 0.265 e. The molecule has 2 aromatic rings. The summed E-state index contributed by atoms with van der Waals surface area (Å²) in [5.41, 5.74) is 2.32. The van der Waals surface area contributed by atoms with Gasteiger partial charge >= 0.3 is 0 Å². The minimum Gasteiger partial charge on any atom is -0.419 e. The topological polar surface area (TPSA) is 72.5 Å². The minimum atomic E-state index is 0.458. The van der Waals surface area contributed by atoms with Crippen LogP contribution in [-0.4, -0.2) is 82.5 Å². The summed E-state index contributed by atoms with van der Waals surface area (Å²) in [5.74, 6) is 3.66. The number of imidazole rings is 1. The Morgan fingerprint density at radius 1 is 1.15 bits per heavy atom. The van der Waals surface area contributed by atoms with E-state index in [0.29, 0.717) is 29.6 Å². The second kappa shape index (κ2) is 10.9. The van der Waals surface area contributed by atoms with Crippen LogP contribution >= 0.6 is 0 Å². The van der Waals surface area contributed by atoms with E-state index in [2.05, 4.69) is 51.8 Å². The van der Waals surface area contributed by atoms with Crippen molar-refractivity contribution in [3.63, 3.8) is 0 Å². The molecule has 8 heteroatoms. The van der Waals surface area contributed by atoms with Gasteiger partial charge in [0.15, 0.2) is 0 Å². The highest BCUT2D eigenvalue weighted by Gasteiger charge is 2.34. The van der Waals surface area contributed by atoms with E-state index in [4.69, 9.17) is 9.15 Å². The normalized spacial score (nSPS) is 25.0. The number of nitrogens with zero attached hydrogens (tertiary/aromatic N) is 6. The molecule has 3 unspecified atom stereocenters. The molecule has 0 amide bonds. The molecule has 182 valence electrons. The highest BCUT2D eigenvalue weighted by atomic mass is 16.5. The predicted molar refractivity (Wildman–Crippen MR) is 129 cm³/mol. The molecule has 0 radical (unpaired) electrons. The third kappa shape index (κ3) is 5.91. The average molecular weight is 457 g/mol. The van der Waals surface area contributed by atoms with E-state index in [1.165, 1.54) is 12.0 Å². The van der Waals surface area contributed by atoms with Crippen molar-refractivity contribution in [1.82, 2.24) is 29.5 Å². The number of rotatable bonds is 9. The van der Waals surface area contributed by atoms with Crippen LogP contribution in [0.1, 0.15) is 33.1 Å². The number of aryl methyl sites for hydroxylation is 1. The maximum absolute atomic E-state index is 6.01. The highest BCUT2D eigenvalue weighted by molar-refractivity contribution is 5.44. The number of hydrogen-bond donors (Lipinski definition) is 0. The van der Waals surface area contributed by atoms with E-state index < -0.39 is 0 Å². The summed E-state index contributed by atoms with van der Waals surface area (Å²) in [7, 11) is 3.72. The van der Waals surface area contributed by atoms with Crippen molar-refractivity contribution < 1.29 is 9.15 Å². The van der Waals surface area contributed by atoms with Crippen molar-refractivity contribution in [1.29, 1.82) is 0 Å². The van der Waals surface area contributed by atoms with E-state index in [1.807, 2.05) is 11.6 Å². The molecule has 3 heterocycles. The van der Waals surface area contributed by atoms with Gasteiger partial charge in [-0.2, -0.15) is 0 Å². The van der Waals surface area contributed by atoms with E-state index in [-0.39, 0.29) is 0 Å². The Bertz CT molecular complexity index is 912. The summed E-state index contributed by atoms with van der Waals surface area (Å²) in [6.45, 7) is 14.7. The molecule has 1 aliphatic heterocycles. The maximum Gasteiger partial charge on any atom is 0.265 e. The van der Waals surface area contributed by atoms with E-state index >= 15 is 0 Å². The first-order valence-corrected chi connectivity index (χ1v) is 12.4. The second-order valence-corrected chi connectivity index (χ2v) is 10.1. The Labute approximate surface area is 198 Å². The maximum atomic E-state index is 6.01. The summed E-state index contributed by atoms with van der Waals surface area (Å²) in [5, 5.41) is 8.61. The van der Waals surface area contributed by atoms with Gasteiger partial charge < -0.3 is 18.6 Å². The summed E-state index contributed by atoms with van der Waals surface area (Å²) < 4.78 is 13.2. The lowest BCUT2D eigenvalue weighted by molar-refractivity contribution is 0.0798. The SMILES string of the molecule is COCCN1CCN(CC2C=C(C)C(Cc3nnc(-c4cncn4C)o3)CC2C(C)C)CC1. The van der Waals surface area contributed by atoms with Crippen LogP contribution in [0.5, 0.6) is 0 Å². The molecule has 1 fully saturated rings. The van der Waals surface area contributed by atoms with Crippen LogP contribution in [0.3, 0.4) is 0 Å². The molecule has 4 rings (SSSR count). The summed E-state index contributed by atoms with van der Waals surface area (Å²) in [6.07, 6.45) is 8.05. The van der Waals surface area contributed by atoms with Crippen molar-refractivity contribution in [3.8, 4) is 11.6 Å². The first kappa shape index (κ1) is 24.1. The molecule has 0 N–H and O–H groups in total. The molecule has 3 atom stereocenters. The van der Waals surface area contributed by atoms with Gasteiger partial charge in [0, 0.05) is 59.8 Å². The summed E-state index contributed by atoms with van der Waals surface area (Å²) >= 11 is 0. The van der Waals surface area contributed by atoms with Crippen molar-refractivity contribution in [2.75, 3.05) is 53.0 Å².